The number of halogens is 3. The highest BCUT2D eigenvalue weighted by molar-refractivity contribution is 5.04. The molecule has 2 bridgehead atoms. The molecule has 15 heavy (non-hydrogen) atoms. The number of rotatable bonds is 2. The van der Waals surface area contributed by atoms with E-state index in [1.54, 1.807) is 0 Å². The molecule has 2 fully saturated rings. The highest BCUT2D eigenvalue weighted by Gasteiger charge is 2.46. The van der Waals surface area contributed by atoms with Crippen LogP contribution in [0.15, 0.2) is 0 Å². The van der Waals surface area contributed by atoms with Crippen LogP contribution in [-0.2, 0) is 4.74 Å². The zero-order valence-electron chi connectivity index (χ0n) is 8.60. The molecular weight excluding hydrogens is 209 g/mol. The lowest BCUT2D eigenvalue weighted by Crippen LogP contribution is -2.61. The molecule has 2 unspecified atom stereocenters. The molecule has 0 aliphatic carbocycles. The summed E-state index contributed by atoms with van der Waals surface area (Å²) in [5.74, 6) is 0. The molecule has 0 spiro atoms. The van der Waals surface area contributed by atoms with E-state index in [1.807, 2.05) is 7.05 Å². The average molecular weight is 224 g/mol. The van der Waals surface area contributed by atoms with Gasteiger partial charge in [-0.3, -0.25) is 4.74 Å². The number of fused-ring (bicyclic) bond motifs is 2. The van der Waals surface area contributed by atoms with E-state index in [2.05, 4.69) is 15.0 Å². The van der Waals surface area contributed by atoms with Crippen molar-refractivity contribution in [2.24, 2.45) is 0 Å². The van der Waals surface area contributed by atoms with E-state index in [0.29, 0.717) is 12.6 Å². The van der Waals surface area contributed by atoms with Crippen molar-refractivity contribution < 1.29 is 17.9 Å². The first-order valence-corrected chi connectivity index (χ1v) is 5.06. The molecule has 6 heteroatoms. The standard InChI is InChI=1S/C9H15F3N2O/c1-14-4-7-2-3-8(5-14,13-7)6-15-9(10,11)12/h7,13H,2-6H2,1H3. The minimum Gasteiger partial charge on any atom is -0.304 e. The molecule has 2 atom stereocenters. The number of ether oxygens (including phenoxy) is 1. The van der Waals surface area contributed by atoms with E-state index in [-0.39, 0.29) is 6.61 Å². The topological polar surface area (TPSA) is 24.5 Å². The Kier molecular flexibility index (Phi) is 2.68. The van der Waals surface area contributed by atoms with Crippen molar-refractivity contribution in [3.63, 3.8) is 0 Å². The first-order chi connectivity index (χ1) is 6.89. The second-order valence-electron chi connectivity index (χ2n) is 4.59. The SMILES string of the molecule is CN1CC2CCC(COC(F)(F)F)(C1)N2. The Morgan fingerprint density at radius 3 is 2.93 bits per heavy atom. The number of hydrogen-bond donors (Lipinski definition) is 1. The van der Waals surface area contributed by atoms with Gasteiger partial charge >= 0.3 is 6.36 Å². The Hall–Kier alpha value is -0.330. The van der Waals surface area contributed by atoms with Crippen molar-refractivity contribution in [2.75, 3.05) is 26.7 Å². The Bertz CT molecular complexity index is 246. The van der Waals surface area contributed by atoms with Gasteiger partial charge < -0.3 is 10.2 Å². The van der Waals surface area contributed by atoms with E-state index in [1.165, 1.54) is 0 Å². The molecule has 0 radical (unpaired) electrons. The summed E-state index contributed by atoms with van der Waals surface area (Å²) in [7, 11) is 1.93. The quantitative estimate of drug-likeness (QED) is 0.756. The largest absolute Gasteiger partial charge is 0.522 e. The zero-order chi connectivity index (χ0) is 11.1. The number of likely N-dealkylation sites (N-methyl/N-ethyl adjacent to an activating group) is 1. The number of hydrogen-bond acceptors (Lipinski definition) is 3. The third kappa shape index (κ3) is 2.62. The number of alkyl halides is 3. The second-order valence-corrected chi connectivity index (χ2v) is 4.59. The fraction of sp³-hybridized carbons (Fsp3) is 1.00. The number of likely N-dealkylation sites (tertiary alicyclic amines) is 1. The Balaban J connectivity index is 1.95. The van der Waals surface area contributed by atoms with Crippen molar-refractivity contribution in [3.8, 4) is 0 Å². The van der Waals surface area contributed by atoms with Gasteiger partial charge in [-0.25, -0.2) is 0 Å². The molecule has 2 heterocycles. The minimum absolute atomic E-state index is 0.280. The van der Waals surface area contributed by atoms with Crippen LogP contribution in [0.3, 0.4) is 0 Å². The van der Waals surface area contributed by atoms with Gasteiger partial charge in [0.15, 0.2) is 0 Å². The lowest BCUT2D eigenvalue weighted by atomic mass is 9.98. The highest BCUT2D eigenvalue weighted by atomic mass is 19.4. The van der Waals surface area contributed by atoms with E-state index in [4.69, 9.17) is 0 Å². The first kappa shape index (κ1) is 11.2. The Morgan fingerprint density at radius 2 is 2.27 bits per heavy atom. The van der Waals surface area contributed by atoms with Crippen molar-refractivity contribution >= 4 is 0 Å². The number of nitrogens with one attached hydrogen (secondary N) is 1. The molecule has 0 amide bonds. The van der Waals surface area contributed by atoms with Crippen molar-refractivity contribution in [1.82, 2.24) is 10.2 Å². The van der Waals surface area contributed by atoms with E-state index in [9.17, 15) is 13.2 Å². The van der Waals surface area contributed by atoms with Crippen LogP contribution in [-0.4, -0.2) is 49.6 Å². The highest BCUT2D eigenvalue weighted by Crippen LogP contribution is 2.31. The third-order valence-electron chi connectivity index (χ3n) is 3.10. The molecule has 0 aromatic carbocycles. The van der Waals surface area contributed by atoms with Crippen LogP contribution in [0.25, 0.3) is 0 Å². The molecule has 2 aliphatic heterocycles. The molecule has 2 aliphatic rings. The fourth-order valence-corrected chi connectivity index (χ4v) is 2.63. The van der Waals surface area contributed by atoms with Gasteiger partial charge in [0.25, 0.3) is 0 Å². The van der Waals surface area contributed by atoms with Crippen molar-refractivity contribution in [1.29, 1.82) is 0 Å². The summed E-state index contributed by atoms with van der Waals surface area (Å²) in [5.41, 5.74) is -0.493. The van der Waals surface area contributed by atoms with Crippen LogP contribution in [0.5, 0.6) is 0 Å². The van der Waals surface area contributed by atoms with Crippen LogP contribution < -0.4 is 5.32 Å². The fourth-order valence-electron chi connectivity index (χ4n) is 2.63. The number of nitrogens with zero attached hydrogens (tertiary/aromatic N) is 1. The van der Waals surface area contributed by atoms with Gasteiger partial charge in [0, 0.05) is 19.1 Å². The maximum Gasteiger partial charge on any atom is 0.522 e. The second kappa shape index (κ2) is 3.61. The molecule has 2 saturated heterocycles. The van der Waals surface area contributed by atoms with Crippen molar-refractivity contribution in [3.05, 3.63) is 0 Å². The van der Waals surface area contributed by atoms with Crippen LogP contribution >= 0.6 is 0 Å². The van der Waals surface area contributed by atoms with Crippen LogP contribution in [0, 0.1) is 0 Å². The molecule has 1 N–H and O–H groups in total. The third-order valence-corrected chi connectivity index (χ3v) is 3.10. The van der Waals surface area contributed by atoms with Gasteiger partial charge in [0.05, 0.1) is 12.1 Å². The summed E-state index contributed by atoms with van der Waals surface area (Å²) < 4.78 is 39.8. The molecule has 0 aromatic rings. The van der Waals surface area contributed by atoms with Gasteiger partial charge in [-0.2, -0.15) is 0 Å². The zero-order valence-corrected chi connectivity index (χ0v) is 8.60. The summed E-state index contributed by atoms with van der Waals surface area (Å²) in [4.78, 5) is 2.06. The van der Waals surface area contributed by atoms with Gasteiger partial charge in [-0.15, -0.1) is 13.2 Å². The van der Waals surface area contributed by atoms with Crippen molar-refractivity contribution in [2.45, 2.75) is 30.8 Å². The minimum atomic E-state index is -4.52. The maximum atomic E-state index is 12.0. The Morgan fingerprint density at radius 1 is 1.53 bits per heavy atom. The predicted octanol–water partition coefficient (Wildman–Crippen LogP) is 0.959. The molecule has 0 saturated carbocycles. The summed E-state index contributed by atoms with van der Waals surface area (Å²) in [6, 6.07) is 0.320. The van der Waals surface area contributed by atoms with Gasteiger partial charge in [-0.05, 0) is 19.9 Å². The van der Waals surface area contributed by atoms with Gasteiger partial charge in [0.2, 0.25) is 0 Å². The smallest absolute Gasteiger partial charge is 0.304 e. The van der Waals surface area contributed by atoms with Crippen LogP contribution in [0.4, 0.5) is 13.2 Å². The predicted molar refractivity (Wildman–Crippen MR) is 48.4 cm³/mol. The van der Waals surface area contributed by atoms with E-state index < -0.39 is 11.9 Å². The summed E-state index contributed by atoms with van der Waals surface area (Å²) in [6.07, 6.45) is -2.83. The lowest BCUT2D eigenvalue weighted by molar-refractivity contribution is -0.330. The Labute approximate surface area is 86.6 Å². The first-order valence-electron chi connectivity index (χ1n) is 5.06. The normalized spacial score (nSPS) is 37.2. The molecule has 2 rings (SSSR count). The van der Waals surface area contributed by atoms with Crippen LogP contribution in [0.1, 0.15) is 12.8 Å². The monoisotopic (exact) mass is 224 g/mol. The van der Waals surface area contributed by atoms with E-state index >= 15 is 0 Å². The van der Waals surface area contributed by atoms with E-state index in [0.717, 1.165) is 19.4 Å². The maximum absolute atomic E-state index is 12.0. The summed E-state index contributed by atoms with van der Waals surface area (Å²) in [5, 5.41) is 3.24. The molecule has 3 nitrogen and oxygen atoms in total. The van der Waals surface area contributed by atoms with Crippen LogP contribution in [0.2, 0.25) is 0 Å². The lowest BCUT2D eigenvalue weighted by Gasteiger charge is -2.39. The van der Waals surface area contributed by atoms with Gasteiger partial charge in [-0.1, -0.05) is 0 Å². The molecule has 0 aromatic heterocycles. The molecular formula is C9H15F3N2O. The number of piperazine rings is 1. The average Bonchev–Trinajstić information content (AvgIpc) is 2.39. The molecule has 88 valence electrons. The summed E-state index contributed by atoms with van der Waals surface area (Å²) >= 11 is 0. The van der Waals surface area contributed by atoms with Gasteiger partial charge in [0.1, 0.15) is 0 Å². The summed E-state index contributed by atoms with van der Waals surface area (Å²) in [6.45, 7) is 1.25.